The molecule has 1 aliphatic carbocycles. The lowest BCUT2D eigenvalue weighted by Crippen LogP contribution is -2.49. The fourth-order valence-electron chi connectivity index (χ4n) is 4.72. The van der Waals surface area contributed by atoms with Crippen LogP contribution in [0.4, 0.5) is 0 Å². The van der Waals surface area contributed by atoms with Gasteiger partial charge in [0.15, 0.2) is 5.82 Å². The van der Waals surface area contributed by atoms with E-state index in [-0.39, 0.29) is 17.7 Å². The zero-order valence-electron chi connectivity index (χ0n) is 23.7. The van der Waals surface area contributed by atoms with Gasteiger partial charge in [-0.2, -0.15) is 0 Å². The lowest BCUT2D eigenvalue weighted by Gasteiger charge is -2.18. The molecule has 214 valence electrons. The summed E-state index contributed by atoms with van der Waals surface area (Å²) < 4.78 is 0. The summed E-state index contributed by atoms with van der Waals surface area (Å²) >= 11 is 1.38. The summed E-state index contributed by atoms with van der Waals surface area (Å²) in [7, 11) is 0. The first-order chi connectivity index (χ1) is 20.1. The predicted octanol–water partition coefficient (Wildman–Crippen LogP) is 5.14. The quantitative estimate of drug-likeness (QED) is 0.252. The van der Waals surface area contributed by atoms with Crippen LogP contribution in [0.1, 0.15) is 57.6 Å². The summed E-state index contributed by atoms with van der Waals surface area (Å²) in [5, 5.41) is 14.2. The SMILES string of the molecule is CC(C)(C)c1ccc(C(=O)NC(Cc2ccc(-c3ncc(C4=Cc5ccccc5C4)cn3)cc2)C(=O)NCC(=O)O)s1. The Bertz CT molecular complexity index is 1650. The molecule has 5 rings (SSSR count). The number of carbonyl (C=O) groups is 3. The van der Waals surface area contributed by atoms with Crippen molar-refractivity contribution in [2.45, 2.75) is 45.1 Å². The smallest absolute Gasteiger partial charge is 0.322 e. The van der Waals surface area contributed by atoms with Gasteiger partial charge < -0.3 is 15.7 Å². The number of hydrogen-bond donors (Lipinski definition) is 3. The van der Waals surface area contributed by atoms with Crippen LogP contribution in [0.15, 0.2) is 73.1 Å². The van der Waals surface area contributed by atoms with Crippen molar-refractivity contribution in [3.63, 3.8) is 0 Å². The fourth-order valence-corrected chi connectivity index (χ4v) is 5.69. The average molecular weight is 581 g/mol. The van der Waals surface area contributed by atoms with E-state index >= 15 is 0 Å². The van der Waals surface area contributed by atoms with Gasteiger partial charge in [0.25, 0.3) is 5.91 Å². The maximum atomic E-state index is 13.0. The third kappa shape index (κ3) is 6.80. The molecular formula is C33H32N4O4S. The van der Waals surface area contributed by atoms with Crippen molar-refractivity contribution in [2.75, 3.05) is 6.54 Å². The van der Waals surface area contributed by atoms with Gasteiger partial charge in [-0.05, 0) is 46.2 Å². The van der Waals surface area contributed by atoms with E-state index in [1.54, 1.807) is 6.07 Å². The average Bonchev–Trinajstić information content (AvgIpc) is 3.64. The number of allylic oxidation sites excluding steroid dienone is 1. The number of benzene rings is 2. The molecule has 0 saturated heterocycles. The van der Waals surface area contributed by atoms with Crippen LogP contribution in [0.3, 0.4) is 0 Å². The largest absolute Gasteiger partial charge is 0.480 e. The number of carbonyl (C=O) groups excluding carboxylic acids is 2. The van der Waals surface area contributed by atoms with Crippen LogP contribution in [-0.2, 0) is 27.8 Å². The van der Waals surface area contributed by atoms with Crippen LogP contribution >= 0.6 is 11.3 Å². The highest BCUT2D eigenvalue weighted by Crippen LogP contribution is 2.31. The molecule has 9 heteroatoms. The Morgan fingerprint density at radius 1 is 0.952 bits per heavy atom. The Hall–Kier alpha value is -4.63. The number of thiophene rings is 1. The molecule has 0 saturated carbocycles. The molecule has 0 aliphatic heterocycles. The minimum Gasteiger partial charge on any atom is -0.480 e. The number of nitrogens with one attached hydrogen (secondary N) is 2. The number of aromatic nitrogens is 2. The standard InChI is InChI=1S/C33H32N4O4S/c1-33(2,3)28-13-12-27(42-28)32(41)37-26(31(40)36-19-29(38)39)14-20-8-10-21(11-9-20)30-34-17-25(18-35-30)24-15-22-6-4-5-7-23(22)16-24/h4-13,15,17-18,26H,14,16,19H2,1-3H3,(H,36,40)(H,37,41)(H,38,39). The second kappa shape index (κ2) is 12.1. The first kappa shape index (κ1) is 28.9. The Morgan fingerprint density at radius 2 is 1.67 bits per heavy atom. The highest BCUT2D eigenvalue weighted by molar-refractivity contribution is 7.14. The van der Waals surface area contributed by atoms with Gasteiger partial charge in [0.05, 0.1) is 4.88 Å². The van der Waals surface area contributed by atoms with E-state index in [0.717, 1.165) is 28.0 Å². The summed E-state index contributed by atoms with van der Waals surface area (Å²) in [4.78, 5) is 47.6. The van der Waals surface area contributed by atoms with Crippen molar-refractivity contribution in [1.82, 2.24) is 20.6 Å². The molecule has 1 atom stereocenters. The molecule has 0 radical (unpaired) electrons. The van der Waals surface area contributed by atoms with Gasteiger partial charge in [0, 0.05) is 34.8 Å². The maximum absolute atomic E-state index is 13.0. The van der Waals surface area contributed by atoms with Crippen molar-refractivity contribution >= 4 is 40.8 Å². The second-order valence-electron chi connectivity index (χ2n) is 11.3. The molecule has 4 aromatic rings. The highest BCUT2D eigenvalue weighted by atomic mass is 32.1. The third-order valence-electron chi connectivity index (χ3n) is 7.04. The third-order valence-corrected chi connectivity index (χ3v) is 8.55. The molecule has 2 amide bonds. The first-order valence-corrected chi connectivity index (χ1v) is 14.5. The van der Waals surface area contributed by atoms with Gasteiger partial charge in [-0.15, -0.1) is 11.3 Å². The number of amides is 2. The molecule has 3 N–H and O–H groups in total. The molecule has 0 bridgehead atoms. The summed E-state index contributed by atoms with van der Waals surface area (Å²) in [6, 6.07) is 18.5. The predicted molar refractivity (Wildman–Crippen MR) is 164 cm³/mol. The van der Waals surface area contributed by atoms with Crippen LogP contribution in [0.2, 0.25) is 0 Å². The highest BCUT2D eigenvalue weighted by Gasteiger charge is 2.25. The van der Waals surface area contributed by atoms with E-state index in [1.165, 1.54) is 28.0 Å². The van der Waals surface area contributed by atoms with Gasteiger partial charge in [0.2, 0.25) is 5.91 Å². The summed E-state index contributed by atoms with van der Waals surface area (Å²) in [6.07, 6.45) is 6.88. The normalized spacial score (nSPS) is 13.2. The number of fused-ring (bicyclic) bond motifs is 1. The molecule has 42 heavy (non-hydrogen) atoms. The number of hydrogen-bond acceptors (Lipinski definition) is 6. The van der Waals surface area contributed by atoms with Crippen LogP contribution < -0.4 is 10.6 Å². The first-order valence-electron chi connectivity index (χ1n) is 13.7. The van der Waals surface area contributed by atoms with Gasteiger partial charge >= 0.3 is 5.97 Å². The van der Waals surface area contributed by atoms with E-state index in [9.17, 15) is 14.4 Å². The van der Waals surface area contributed by atoms with Crippen molar-refractivity contribution in [3.8, 4) is 11.4 Å². The lowest BCUT2D eigenvalue weighted by atomic mass is 9.95. The van der Waals surface area contributed by atoms with Crippen LogP contribution in [0.25, 0.3) is 23.0 Å². The molecule has 2 heterocycles. The molecule has 1 aliphatic rings. The van der Waals surface area contributed by atoms with E-state index < -0.39 is 24.5 Å². The summed E-state index contributed by atoms with van der Waals surface area (Å²) in [5.74, 6) is -1.52. The number of carboxylic acid groups (broad SMARTS) is 1. The zero-order valence-corrected chi connectivity index (χ0v) is 24.5. The molecule has 2 aromatic heterocycles. The van der Waals surface area contributed by atoms with E-state index in [4.69, 9.17) is 5.11 Å². The molecule has 8 nitrogen and oxygen atoms in total. The monoisotopic (exact) mass is 580 g/mol. The number of carboxylic acids is 1. The lowest BCUT2D eigenvalue weighted by molar-refractivity contribution is -0.138. The van der Waals surface area contributed by atoms with Crippen LogP contribution in [0, 0.1) is 0 Å². The van der Waals surface area contributed by atoms with Crippen LogP contribution in [0.5, 0.6) is 0 Å². The number of rotatable bonds is 9. The second-order valence-corrected chi connectivity index (χ2v) is 12.4. The van der Waals surface area contributed by atoms with Crippen molar-refractivity contribution in [1.29, 1.82) is 0 Å². The fraction of sp³-hybridized carbons (Fsp3) is 0.242. The minimum absolute atomic E-state index is 0.104. The van der Waals surface area contributed by atoms with Gasteiger partial charge in [-0.3, -0.25) is 14.4 Å². The Labute approximate surface area is 248 Å². The maximum Gasteiger partial charge on any atom is 0.322 e. The number of nitrogens with zero attached hydrogens (tertiary/aromatic N) is 2. The summed E-state index contributed by atoms with van der Waals surface area (Å²) in [6.45, 7) is 5.67. The molecule has 1 unspecified atom stereocenters. The molecule has 0 spiro atoms. The molecule has 0 fully saturated rings. The minimum atomic E-state index is -1.16. The van der Waals surface area contributed by atoms with Crippen molar-refractivity contribution in [3.05, 3.63) is 105 Å². The molecule has 2 aromatic carbocycles. The Kier molecular flexibility index (Phi) is 8.31. The van der Waals surface area contributed by atoms with Crippen molar-refractivity contribution < 1.29 is 19.5 Å². The molecular weight excluding hydrogens is 548 g/mol. The van der Waals surface area contributed by atoms with Gasteiger partial charge in [0.1, 0.15) is 12.6 Å². The van der Waals surface area contributed by atoms with E-state index in [0.29, 0.717) is 10.7 Å². The number of aliphatic carboxylic acids is 1. The van der Waals surface area contributed by atoms with Gasteiger partial charge in [-0.25, -0.2) is 9.97 Å². The van der Waals surface area contributed by atoms with E-state index in [2.05, 4.69) is 59.6 Å². The van der Waals surface area contributed by atoms with E-state index in [1.807, 2.05) is 54.9 Å². The summed E-state index contributed by atoms with van der Waals surface area (Å²) in [5.41, 5.74) is 6.20. The Balaban J connectivity index is 1.28. The van der Waals surface area contributed by atoms with Gasteiger partial charge in [-0.1, -0.05) is 75.4 Å². The topological polar surface area (TPSA) is 121 Å². The Morgan fingerprint density at radius 3 is 2.31 bits per heavy atom. The zero-order chi connectivity index (χ0) is 29.9. The van der Waals surface area contributed by atoms with Crippen molar-refractivity contribution in [2.24, 2.45) is 0 Å². The van der Waals surface area contributed by atoms with Crippen LogP contribution in [-0.4, -0.2) is 45.4 Å².